The van der Waals surface area contributed by atoms with Gasteiger partial charge in [0.25, 0.3) is 11.6 Å². The fraction of sp³-hybridized carbons (Fsp3) is 0.281. The van der Waals surface area contributed by atoms with E-state index in [0.29, 0.717) is 10.8 Å². The predicted octanol–water partition coefficient (Wildman–Crippen LogP) is 4.35. The number of nitrogens with one attached hydrogen (secondary N) is 2. The van der Waals surface area contributed by atoms with Gasteiger partial charge in [-0.15, -0.1) is 0 Å². The van der Waals surface area contributed by atoms with Crippen LogP contribution in [0, 0.1) is 0 Å². The smallest absolute Gasteiger partial charge is 0.491 e. The minimum Gasteiger partial charge on any atom is -0.496 e. The Morgan fingerprint density at radius 2 is 1.69 bits per heavy atom. The molecule has 1 atom stereocenters. The van der Waals surface area contributed by atoms with Crippen molar-refractivity contribution in [2.45, 2.75) is 50.2 Å². The molecular weight excluding hydrogens is 671 g/mol. The third kappa shape index (κ3) is 8.42. The van der Waals surface area contributed by atoms with Crippen molar-refractivity contribution in [2.24, 2.45) is 5.14 Å². The molecule has 0 aliphatic rings. The van der Waals surface area contributed by atoms with Crippen LogP contribution in [0.15, 0.2) is 71.8 Å². The zero-order valence-corrected chi connectivity index (χ0v) is 27.6. The van der Waals surface area contributed by atoms with Crippen molar-refractivity contribution in [1.82, 2.24) is 10.3 Å². The molecule has 1 heterocycles. The summed E-state index contributed by atoms with van der Waals surface area (Å²) >= 11 is 0. The van der Waals surface area contributed by atoms with E-state index in [9.17, 15) is 31.2 Å². The van der Waals surface area contributed by atoms with Gasteiger partial charge in [-0.3, -0.25) is 4.79 Å². The number of methoxy groups -OCH3 is 1. The van der Waals surface area contributed by atoms with Crippen LogP contribution in [0.2, 0.25) is 0 Å². The molecule has 4 rings (SSSR count). The number of nitrogen functional groups attached to an aromatic ring is 1. The SMILES string of the molecule is CCOc1cc(C(Nc2ccc3c(N)nccc3c2)(OC(=O)C(F)(F)F)C(=O)NCc2cc(S(N)(=O)=O)ccc2OC)ccc1OC(C)C. The second-order valence-corrected chi connectivity index (χ2v) is 12.3. The number of nitrogens with two attached hydrogens (primary N) is 2. The van der Waals surface area contributed by atoms with Crippen LogP contribution in [0.4, 0.5) is 24.7 Å². The number of halogens is 3. The number of ether oxygens (including phenoxy) is 4. The molecule has 0 aliphatic heterocycles. The van der Waals surface area contributed by atoms with Gasteiger partial charge in [-0.25, -0.2) is 23.3 Å². The Bertz CT molecular complexity index is 1970. The number of amides is 1. The average molecular weight is 706 g/mol. The molecule has 0 aliphatic carbocycles. The van der Waals surface area contributed by atoms with Crippen molar-refractivity contribution in [3.05, 3.63) is 78.0 Å². The first-order valence-electron chi connectivity index (χ1n) is 14.6. The molecule has 3 aromatic carbocycles. The van der Waals surface area contributed by atoms with Gasteiger partial charge in [0, 0.05) is 34.9 Å². The average Bonchev–Trinajstić information content (AvgIpc) is 3.03. The lowest BCUT2D eigenvalue weighted by Gasteiger charge is -2.35. The minimum absolute atomic E-state index is 0.0376. The summed E-state index contributed by atoms with van der Waals surface area (Å²) in [7, 11) is -2.91. The quantitative estimate of drug-likeness (QED) is 0.114. The fourth-order valence-electron chi connectivity index (χ4n) is 4.79. The predicted molar refractivity (Wildman–Crippen MR) is 173 cm³/mol. The minimum atomic E-state index is -5.53. The fourth-order valence-corrected chi connectivity index (χ4v) is 5.35. The van der Waals surface area contributed by atoms with Gasteiger partial charge in [-0.2, -0.15) is 13.2 Å². The molecule has 0 fully saturated rings. The van der Waals surface area contributed by atoms with Gasteiger partial charge in [-0.05, 0) is 86.8 Å². The van der Waals surface area contributed by atoms with Crippen LogP contribution >= 0.6 is 0 Å². The maximum absolute atomic E-state index is 14.3. The highest BCUT2D eigenvalue weighted by molar-refractivity contribution is 7.89. The molecule has 1 amide bonds. The molecule has 49 heavy (non-hydrogen) atoms. The van der Waals surface area contributed by atoms with E-state index in [0.717, 1.165) is 6.07 Å². The number of sulfonamides is 1. The van der Waals surface area contributed by atoms with Gasteiger partial charge < -0.3 is 35.3 Å². The summed E-state index contributed by atoms with van der Waals surface area (Å²) in [6.07, 6.45) is -4.45. The second-order valence-electron chi connectivity index (χ2n) is 10.8. The van der Waals surface area contributed by atoms with Crippen LogP contribution in [-0.2, 0) is 36.6 Å². The summed E-state index contributed by atoms with van der Waals surface area (Å²) < 4.78 is 87.5. The molecule has 17 heteroatoms. The maximum atomic E-state index is 14.3. The third-order valence-corrected chi connectivity index (χ3v) is 7.86. The topological polar surface area (TPSA) is 194 Å². The lowest BCUT2D eigenvalue weighted by atomic mass is 9.99. The van der Waals surface area contributed by atoms with Crippen molar-refractivity contribution in [3.8, 4) is 17.2 Å². The summed E-state index contributed by atoms with van der Waals surface area (Å²) in [5.41, 5.74) is 2.88. The molecule has 0 spiro atoms. The highest BCUT2D eigenvalue weighted by atomic mass is 32.2. The molecular formula is C32H34F3N5O8S. The van der Waals surface area contributed by atoms with Crippen molar-refractivity contribution >= 4 is 44.2 Å². The Morgan fingerprint density at radius 1 is 0.980 bits per heavy atom. The number of benzene rings is 3. The Morgan fingerprint density at radius 3 is 2.33 bits per heavy atom. The molecule has 0 saturated heterocycles. The van der Waals surface area contributed by atoms with Gasteiger partial charge in [-0.1, -0.05) is 0 Å². The van der Waals surface area contributed by atoms with E-state index in [1.165, 1.54) is 61.8 Å². The first-order chi connectivity index (χ1) is 23.0. The number of carbonyl (C=O) groups excluding carboxylic acids is 2. The number of nitrogens with zero attached hydrogens (tertiary/aromatic N) is 1. The van der Waals surface area contributed by atoms with E-state index >= 15 is 0 Å². The zero-order chi connectivity index (χ0) is 36.1. The van der Waals surface area contributed by atoms with Crippen molar-refractivity contribution in [2.75, 3.05) is 24.8 Å². The molecule has 4 aromatic rings. The van der Waals surface area contributed by atoms with Gasteiger partial charge in [0.05, 0.1) is 24.7 Å². The van der Waals surface area contributed by atoms with E-state index in [4.69, 9.17) is 29.8 Å². The van der Waals surface area contributed by atoms with Crippen LogP contribution in [0.3, 0.4) is 0 Å². The van der Waals surface area contributed by atoms with Crippen LogP contribution in [-0.4, -0.2) is 51.3 Å². The number of hydrogen-bond acceptors (Lipinski definition) is 11. The highest BCUT2D eigenvalue weighted by Crippen LogP contribution is 2.38. The number of alkyl halides is 3. The number of primary sulfonamides is 1. The highest BCUT2D eigenvalue weighted by Gasteiger charge is 2.52. The molecule has 1 aromatic heterocycles. The zero-order valence-electron chi connectivity index (χ0n) is 26.8. The number of esters is 1. The van der Waals surface area contributed by atoms with Gasteiger partial charge in [0.1, 0.15) is 11.6 Å². The Hall–Kier alpha value is -5.29. The maximum Gasteiger partial charge on any atom is 0.491 e. The van der Waals surface area contributed by atoms with E-state index in [2.05, 4.69) is 15.6 Å². The van der Waals surface area contributed by atoms with Crippen molar-refractivity contribution in [1.29, 1.82) is 0 Å². The molecule has 13 nitrogen and oxygen atoms in total. The van der Waals surface area contributed by atoms with E-state index in [1.807, 2.05) is 0 Å². The lowest BCUT2D eigenvalue weighted by Crippen LogP contribution is -2.54. The second kappa shape index (κ2) is 14.4. The van der Waals surface area contributed by atoms with Crippen LogP contribution in [0.1, 0.15) is 31.9 Å². The number of rotatable bonds is 13. The number of pyridine rings is 1. The molecule has 0 radical (unpaired) electrons. The largest absolute Gasteiger partial charge is 0.496 e. The van der Waals surface area contributed by atoms with Crippen molar-refractivity contribution < 1.29 is 50.1 Å². The van der Waals surface area contributed by atoms with Gasteiger partial charge in [0.15, 0.2) is 11.5 Å². The van der Waals surface area contributed by atoms with Gasteiger partial charge in [0.2, 0.25) is 10.0 Å². The van der Waals surface area contributed by atoms with Crippen molar-refractivity contribution in [3.63, 3.8) is 0 Å². The standard InChI is InChI=1S/C32H34F3N5O8S/c1-5-46-27-16-21(6-10-26(27)47-18(2)3)31(48-30(42)32(33,34)35,40-22-7-9-24-19(14-22)12-13-38-28(24)36)29(41)39-17-20-15-23(49(37,43)44)8-11-25(20)45-4/h6-16,18,40H,5,17H2,1-4H3,(H2,36,38)(H,39,41)(H2,37,43,44). The van der Waals surface area contributed by atoms with Crippen LogP contribution in [0.5, 0.6) is 17.2 Å². The summed E-state index contributed by atoms with van der Waals surface area (Å²) in [5, 5.41) is 11.4. The Labute approximate surface area is 279 Å². The monoisotopic (exact) mass is 705 g/mol. The number of carbonyl (C=O) groups is 2. The number of anilines is 2. The number of fused-ring (bicyclic) bond motifs is 1. The first kappa shape index (κ1) is 36.5. The molecule has 262 valence electrons. The molecule has 1 unspecified atom stereocenters. The third-order valence-electron chi connectivity index (χ3n) is 6.95. The lowest BCUT2D eigenvalue weighted by molar-refractivity contribution is -0.213. The number of hydrogen-bond donors (Lipinski definition) is 4. The van der Waals surface area contributed by atoms with Gasteiger partial charge >= 0.3 is 12.1 Å². The number of aromatic nitrogens is 1. The summed E-state index contributed by atoms with van der Waals surface area (Å²) in [6.45, 7) is 4.75. The van der Waals surface area contributed by atoms with Crippen LogP contribution < -0.4 is 35.7 Å². The van der Waals surface area contributed by atoms with E-state index < -0.39 is 40.3 Å². The Kier molecular flexibility index (Phi) is 10.8. The van der Waals surface area contributed by atoms with E-state index in [1.54, 1.807) is 26.8 Å². The Balaban J connectivity index is 1.93. The van der Waals surface area contributed by atoms with E-state index in [-0.39, 0.29) is 57.5 Å². The molecule has 0 bridgehead atoms. The normalized spacial score (nSPS) is 13.0. The summed E-state index contributed by atoms with van der Waals surface area (Å²) in [4.78, 5) is 30.6. The first-order valence-corrected chi connectivity index (χ1v) is 16.2. The summed E-state index contributed by atoms with van der Waals surface area (Å²) in [5.74, 6) is -3.45. The van der Waals surface area contributed by atoms with Crippen LogP contribution in [0.25, 0.3) is 10.8 Å². The molecule has 0 saturated carbocycles. The molecule has 6 N–H and O–H groups in total. The summed E-state index contributed by atoms with van der Waals surface area (Å²) in [6, 6.07) is 13.4.